The molecule has 3 rings (SSSR count). The molecule has 0 spiro atoms. The van der Waals surface area contributed by atoms with Crippen LogP contribution in [0.15, 0.2) is 65.1 Å². The molecule has 1 N–H and O–H groups in total. The van der Waals surface area contributed by atoms with E-state index in [-0.39, 0.29) is 5.91 Å². The second kappa shape index (κ2) is 7.70. The van der Waals surface area contributed by atoms with Crippen molar-refractivity contribution in [2.45, 2.75) is 26.4 Å². The van der Waals surface area contributed by atoms with Crippen LogP contribution in [-0.4, -0.2) is 12.0 Å². The van der Waals surface area contributed by atoms with Gasteiger partial charge in [-0.15, -0.1) is 0 Å². The minimum Gasteiger partial charge on any atom is -0.481 e. The van der Waals surface area contributed by atoms with Gasteiger partial charge in [-0.3, -0.25) is 4.79 Å². The molecular weight excluding hydrogens is 378 g/mol. The Morgan fingerprint density at radius 1 is 1.04 bits per heavy atom. The summed E-state index contributed by atoms with van der Waals surface area (Å²) in [4.78, 5) is 12.3. The molecule has 128 valence electrons. The smallest absolute Gasteiger partial charge is 0.265 e. The van der Waals surface area contributed by atoms with E-state index in [4.69, 9.17) is 4.74 Å². The van der Waals surface area contributed by atoms with Crippen molar-refractivity contribution < 1.29 is 9.53 Å². The molecular formula is C21H20BrNO2. The lowest BCUT2D eigenvalue weighted by Gasteiger charge is -2.15. The summed E-state index contributed by atoms with van der Waals surface area (Å²) in [5.74, 6) is 0.513. The van der Waals surface area contributed by atoms with Crippen molar-refractivity contribution in [2.75, 3.05) is 5.32 Å². The van der Waals surface area contributed by atoms with Gasteiger partial charge in [-0.25, -0.2) is 0 Å². The minimum absolute atomic E-state index is 0.167. The molecule has 0 unspecified atom stereocenters. The first-order valence-electron chi connectivity index (χ1n) is 8.31. The van der Waals surface area contributed by atoms with Crippen LogP contribution in [0.25, 0.3) is 10.8 Å². The molecule has 0 aliphatic heterocycles. The third-order valence-electron chi connectivity index (χ3n) is 4.09. The van der Waals surface area contributed by atoms with Crippen LogP contribution < -0.4 is 10.1 Å². The molecule has 1 atom stereocenters. The van der Waals surface area contributed by atoms with Crippen LogP contribution >= 0.6 is 15.9 Å². The first-order chi connectivity index (χ1) is 12.0. The van der Waals surface area contributed by atoms with E-state index in [9.17, 15) is 4.79 Å². The van der Waals surface area contributed by atoms with Gasteiger partial charge in [0.25, 0.3) is 5.91 Å². The number of hydrogen-bond donors (Lipinski definition) is 1. The van der Waals surface area contributed by atoms with Gasteiger partial charge in [0.2, 0.25) is 0 Å². The van der Waals surface area contributed by atoms with E-state index in [1.807, 2.05) is 54.6 Å². The van der Waals surface area contributed by atoms with Crippen LogP contribution in [-0.2, 0) is 11.2 Å². The Balaban J connectivity index is 1.67. The molecule has 0 aliphatic carbocycles. The van der Waals surface area contributed by atoms with Gasteiger partial charge in [0.15, 0.2) is 6.10 Å². The number of rotatable bonds is 5. The van der Waals surface area contributed by atoms with E-state index in [2.05, 4.69) is 34.2 Å². The quantitative estimate of drug-likeness (QED) is 0.610. The topological polar surface area (TPSA) is 38.3 Å². The Kier molecular flexibility index (Phi) is 5.39. The third kappa shape index (κ3) is 4.40. The van der Waals surface area contributed by atoms with Gasteiger partial charge < -0.3 is 10.1 Å². The van der Waals surface area contributed by atoms with Gasteiger partial charge in [-0.1, -0.05) is 47.1 Å². The highest BCUT2D eigenvalue weighted by atomic mass is 79.9. The lowest BCUT2D eigenvalue weighted by Crippen LogP contribution is -2.30. The van der Waals surface area contributed by atoms with Crippen LogP contribution in [0.2, 0.25) is 0 Å². The number of hydrogen-bond acceptors (Lipinski definition) is 2. The number of aryl methyl sites for hydroxylation is 1. The maximum absolute atomic E-state index is 12.3. The van der Waals surface area contributed by atoms with E-state index < -0.39 is 6.10 Å². The normalized spacial score (nSPS) is 12.0. The molecule has 0 heterocycles. The van der Waals surface area contributed by atoms with Crippen LogP contribution in [0.3, 0.4) is 0 Å². The standard InChI is InChI=1S/C21H20BrNO2/c1-3-15-4-9-19(10-5-15)23-21(24)14(2)25-20-11-7-16-12-18(22)8-6-17(16)13-20/h4-14H,3H2,1-2H3,(H,23,24)/t14-/m0/s1. The van der Waals surface area contributed by atoms with Gasteiger partial charge in [-0.05, 0) is 66.1 Å². The van der Waals surface area contributed by atoms with Gasteiger partial charge in [0.05, 0.1) is 0 Å². The van der Waals surface area contributed by atoms with E-state index >= 15 is 0 Å². The number of amides is 1. The van der Waals surface area contributed by atoms with Crippen molar-refractivity contribution in [3.8, 4) is 5.75 Å². The molecule has 3 nitrogen and oxygen atoms in total. The molecule has 3 aromatic rings. The zero-order chi connectivity index (χ0) is 17.8. The molecule has 3 aromatic carbocycles. The number of benzene rings is 3. The molecule has 1 amide bonds. The fourth-order valence-electron chi connectivity index (χ4n) is 2.59. The maximum Gasteiger partial charge on any atom is 0.265 e. The van der Waals surface area contributed by atoms with Crippen LogP contribution in [0, 0.1) is 0 Å². The van der Waals surface area contributed by atoms with E-state index in [0.29, 0.717) is 5.75 Å². The average molecular weight is 398 g/mol. The van der Waals surface area contributed by atoms with Crippen molar-refractivity contribution in [3.05, 3.63) is 70.7 Å². The first-order valence-corrected chi connectivity index (χ1v) is 9.10. The molecule has 0 radical (unpaired) electrons. The number of halogens is 1. The van der Waals surface area contributed by atoms with E-state index in [1.54, 1.807) is 6.92 Å². The fraction of sp³-hybridized carbons (Fsp3) is 0.190. The average Bonchev–Trinajstić information content (AvgIpc) is 2.62. The summed E-state index contributed by atoms with van der Waals surface area (Å²) in [5, 5.41) is 5.08. The lowest BCUT2D eigenvalue weighted by atomic mass is 10.1. The summed E-state index contributed by atoms with van der Waals surface area (Å²) >= 11 is 3.47. The van der Waals surface area contributed by atoms with Gasteiger partial charge >= 0.3 is 0 Å². The highest BCUT2D eigenvalue weighted by molar-refractivity contribution is 9.10. The molecule has 25 heavy (non-hydrogen) atoms. The predicted molar refractivity (Wildman–Crippen MR) is 106 cm³/mol. The number of nitrogens with one attached hydrogen (secondary N) is 1. The Bertz CT molecular complexity index is 890. The van der Waals surface area contributed by atoms with Crippen molar-refractivity contribution in [1.82, 2.24) is 0 Å². The van der Waals surface area contributed by atoms with Crippen molar-refractivity contribution in [1.29, 1.82) is 0 Å². The van der Waals surface area contributed by atoms with Crippen molar-refractivity contribution in [3.63, 3.8) is 0 Å². The summed E-state index contributed by atoms with van der Waals surface area (Å²) in [6, 6.07) is 19.7. The summed E-state index contributed by atoms with van der Waals surface area (Å²) in [6.07, 6.45) is 0.394. The molecule has 4 heteroatoms. The highest BCUT2D eigenvalue weighted by Crippen LogP contribution is 2.25. The number of carbonyl (C=O) groups excluding carboxylic acids is 1. The Morgan fingerprint density at radius 2 is 1.72 bits per heavy atom. The fourth-order valence-corrected chi connectivity index (χ4v) is 2.97. The number of ether oxygens (including phenoxy) is 1. The number of carbonyl (C=O) groups is 1. The zero-order valence-electron chi connectivity index (χ0n) is 14.3. The summed E-state index contributed by atoms with van der Waals surface area (Å²) in [7, 11) is 0. The molecule has 0 fully saturated rings. The monoisotopic (exact) mass is 397 g/mol. The van der Waals surface area contributed by atoms with Crippen LogP contribution in [0.1, 0.15) is 19.4 Å². The van der Waals surface area contributed by atoms with Crippen LogP contribution in [0.4, 0.5) is 5.69 Å². The van der Waals surface area contributed by atoms with Gasteiger partial charge in [0.1, 0.15) is 5.75 Å². The Labute approximate surface area is 156 Å². The first kappa shape index (κ1) is 17.5. The van der Waals surface area contributed by atoms with Crippen molar-refractivity contribution in [2.24, 2.45) is 0 Å². The van der Waals surface area contributed by atoms with E-state index in [1.165, 1.54) is 5.56 Å². The molecule has 0 aromatic heterocycles. The van der Waals surface area contributed by atoms with Crippen LogP contribution in [0.5, 0.6) is 5.75 Å². The molecule has 0 saturated heterocycles. The summed E-state index contributed by atoms with van der Waals surface area (Å²) in [6.45, 7) is 3.85. The largest absolute Gasteiger partial charge is 0.481 e. The zero-order valence-corrected chi connectivity index (χ0v) is 15.8. The molecule has 0 saturated carbocycles. The van der Waals surface area contributed by atoms with Gasteiger partial charge in [0, 0.05) is 10.2 Å². The minimum atomic E-state index is -0.584. The maximum atomic E-state index is 12.3. The molecule has 0 bridgehead atoms. The lowest BCUT2D eigenvalue weighted by molar-refractivity contribution is -0.122. The second-order valence-electron chi connectivity index (χ2n) is 5.95. The van der Waals surface area contributed by atoms with Gasteiger partial charge in [-0.2, -0.15) is 0 Å². The van der Waals surface area contributed by atoms with E-state index in [0.717, 1.165) is 27.4 Å². The summed E-state index contributed by atoms with van der Waals surface area (Å²) in [5.41, 5.74) is 2.02. The predicted octanol–water partition coefficient (Wildman–Crippen LogP) is 5.57. The number of anilines is 1. The highest BCUT2D eigenvalue weighted by Gasteiger charge is 2.15. The summed E-state index contributed by atoms with van der Waals surface area (Å²) < 4.78 is 6.85. The Hall–Kier alpha value is -2.33. The SMILES string of the molecule is CCc1ccc(NC(=O)[C@H](C)Oc2ccc3cc(Br)ccc3c2)cc1. The third-order valence-corrected chi connectivity index (χ3v) is 4.58. The molecule has 0 aliphatic rings. The second-order valence-corrected chi connectivity index (χ2v) is 6.87. The van der Waals surface area contributed by atoms with Crippen molar-refractivity contribution >= 4 is 38.3 Å². The number of fused-ring (bicyclic) bond motifs is 1. The Morgan fingerprint density at radius 3 is 2.44 bits per heavy atom.